The average Bonchev–Trinajstić information content (AvgIpc) is 3.38. The summed E-state index contributed by atoms with van der Waals surface area (Å²) in [5.41, 5.74) is 2.27. The molecule has 36 heavy (non-hydrogen) atoms. The van der Waals surface area contributed by atoms with Crippen molar-refractivity contribution in [2.45, 2.75) is 19.4 Å². The minimum absolute atomic E-state index is 0.126. The Balaban J connectivity index is 1.51. The lowest BCUT2D eigenvalue weighted by Crippen LogP contribution is -2.39. The van der Waals surface area contributed by atoms with Crippen LogP contribution in [0.4, 0.5) is 5.82 Å². The van der Waals surface area contributed by atoms with E-state index in [0.29, 0.717) is 41.8 Å². The van der Waals surface area contributed by atoms with E-state index in [9.17, 15) is 9.90 Å². The van der Waals surface area contributed by atoms with E-state index in [2.05, 4.69) is 11.0 Å². The molecule has 3 aromatic rings. The van der Waals surface area contributed by atoms with Crippen LogP contribution < -0.4 is 14.4 Å². The normalized spacial score (nSPS) is 17.0. The van der Waals surface area contributed by atoms with E-state index >= 15 is 0 Å². The van der Waals surface area contributed by atoms with Crippen molar-refractivity contribution in [2.75, 3.05) is 51.7 Å². The van der Waals surface area contributed by atoms with Crippen molar-refractivity contribution in [3.05, 3.63) is 58.6 Å². The van der Waals surface area contributed by atoms with E-state index in [1.807, 2.05) is 18.2 Å². The molecule has 2 aliphatic heterocycles. The minimum Gasteiger partial charge on any atom is -0.454 e. The van der Waals surface area contributed by atoms with Crippen LogP contribution in [0, 0.1) is 5.92 Å². The number of aliphatic hydroxyl groups is 1. The zero-order valence-corrected chi connectivity index (χ0v) is 21.0. The van der Waals surface area contributed by atoms with Gasteiger partial charge >= 0.3 is 0 Å². The Bertz CT molecular complexity index is 1250. The number of fused-ring (bicyclic) bond motifs is 2. The first kappa shape index (κ1) is 24.6. The Hall–Kier alpha value is -3.07. The lowest BCUT2D eigenvalue weighted by molar-refractivity contribution is 0.0680. The molecule has 0 radical (unpaired) electrons. The summed E-state index contributed by atoms with van der Waals surface area (Å²) < 4.78 is 16.2. The summed E-state index contributed by atoms with van der Waals surface area (Å²) in [4.78, 5) is 22.6. The predicted octanol–water partition coefficient (Wildman–Crippen LogP) is 4.11. The first-order chi connectivity index (χ1) is 17.6. The van der Waals surface area contributed by atoms with Crippen LogP contribution in [-0.2, 0) is 11.3 Å². The Labute approximate surface area is 215 Å². The molecule has 0 aliphatic carbocycles. The van der Waals surface area contributed by atoms with Crippen molar-refractivity contribution in [2.24, 2.45) is 5.92 Å². The maximum Gasteiger partial charge on any atom is 0.254 e. The summed E-state index contributed by atoms with van der Waals surface area (Å²) >= 11 is 6.26. The number of hydrogen-bond acceptors (Lipinski definition) is 7. The van der Waals surface area contributed by atoms with Gasteiger partial charge in [0.1, 0.15) is 5.82 Å². The number of nitrogens with zero attached hydrogens (tertiary/aromatic N) is 3. The number of pyridine rings is 1. The number of aliphatic hydroxyl groups excluding tert-OH is 1. The molecule has 0 unspecified atom stereocenters. The molecule has 0 bridgehead atoms. The van der Waals surface area contributed by atoms with Crippen LogP contribution in [0.25, 0.3) is 10.9 Å². The van der Waals surface area contributed by atoms with E-state index in [-0.39, 0.29) is 25.2 Å². The molecule has 5 rings (SSSR count). The predicted molar refractivity (Wildman–Crippen MR) is 138 cm³/mol. The summed E-state index contributed by atoms with van der Waals surface area (Å²) in [7, 11) is 1.62. The second-order valence-corrected chi connectivity index (χ2v) is 9.67. The standard InChI is InChI=1S/C27H30ClN3O5/c1-34-10-9-31(27(33)20-5-7-24-25(12-20)36-17-35-24)15-21-11-19-4-6-22(28)13-23(19)29-26(21)30-8-2-3-18(14-30)16-32/h4-7,11-13,18,32H,2-3,8-10,14-17H2,1H3/t18-/m1/s1. The number of hydrogen-bond donors (Lipinski definition) is 1. The van der Waals surface area contributed by atoms with Gasteiger partial charge in [0.15, 0.2) is 11.5 Å². The quantitative estimate of drug-likeness (QED) is 0.487. The molecule has 3 heterocycles. The van der Waals surface area contributed by atoms with Gasteiger partial charge in [-0.05, 0) is 55.2 Å². The third-order valence-corrected chi connectivity index (χ3v) is 6.98. The van der Waals surface area contributed by atoms with Crippen LogP contribution in [0.5, 0.6) is 11.5 Å². The van der Waals surface area contributed by atoms with Crippen molar-refractivity contribution < 1.29 is 24.1 Å². The minimum atomic E-state index is -0.126. The number of benzene rings is 2. The molecule has 1 atom stereocenters. The molecule has 1 aromatic heterocycles. The third-order valence-electron chi connectivity index (χ3n) is 6.75. The molecule has 0 spiro atoms. The van der Waals surface area contributed by atoms with Crippen LogP contribution in [0.2, 0.25) is 5.02 Å². The number of methoxy groups -OCH3 is 1. The van der Waals surface area contributed by atoms with Gasteiger partial charge < -0.3 is 29.1 Å². The lowest BCUT2D eigenvalue weighted by Gasteiger charge is -2.35. The Morgan fingerprint density at radius 1 is 1.22 bits per heavy atom. The zero-order valence-electron chi connectivity index (χ0n) is 20.3. The molecular weight excluding hydrogens is 482 g/mol. The number of aromatic nitrogens is 1. The van der Waals surface area contributed by atoms with Crippen LogP contribution in [0.1, 0.15) is 28.8 Å². The topological polar surface area (TPSA) is 84.4 Å². The first-order valence-electron chi connectivity index (χ1n) is 12.2. The lowest BCUT2D eigenvalue weighted by atomic mass is 9.98. The Kier molecular flexibility index (Phi) is 7.46. The fourth-order valence-corrected chi connectivity index (χ4v) is 5.01. The van der Waals surface area contributed by atoms with E-state index in [4.69, 9.17) is 30.8 Å². The van der Waals surface area contributed by atoms with Gasteiger partial charge in [-0.15, -0.1) is 0 Å². The van der Waals surface area contributed by atoms with Crippen LogP contribution in [0.15, 0.2) is 42.5 Å². The van der Waals surface area contributed by atoms with Crippen LogP contribution in [-0.4, -0.2) is 67.6 Å². The smallest absolute Gasteiger partial charge is 0.254 e. The van der Waals surface area contributed by atoms with Crippen molar-refractivity contribution in [1.82, 2.24) is 9.88 Å². The highest BCUT2D eigenvalue weighted by Crippen LogP contribution is 2.34. The second kappa shape index (κ2) is 10.9. The van der Waals surface area contributed by atoms with Gasteiger partial charge in [0.05, 0.1) is 12.1 Å². The molecule has 1 amide bonds. The first-order valence-corrected chi connectivity index (χ1v) is 12.6. The average molecular weight is 512 g/mol. The molecule has 8 nitrogen and oxygen atoms in total. The largest absolute Gasteiger partial charge is 0.454 e. The molecule has 1 saturated heterocycles. The Morgan fingerprint density at radius 3 is 2.92 bits per heavy atom. The van der Waals surface area contributed by atoms with Crippen molar-refractivity contribution in [3.8, 4) is 11.5 Å². The SMILES string of the molecule is COCCN(Cc1cc2ccc(Cl)cc2nc1N1CCC[C@@H](CO)C1)C(=O)c1ccc2c(c1)OCO2. The highest BCUT2D eigenvalue weighted by molar-refractivity contribution is 6.31. The number of ether oxygens (including phenoxy) is 3. The monoisotopic (exact) mass is 511 g/mol. The molecule has 190 valence electrons. The van der Waals surface area contributed by atoms with E-state index < -0.39 is 0 Å². The highest BCUT2D eigenvalue weighted by Gasteiger charge is 2.26. The van der Waals surface area contributed by atoms with Crippen molar-refractivity contribution in [3.63, 3.8) is 0 Å². The third kappa shape index (κ3) is 5.21. The summed E-state index contributed by atoms with van der Waals surface area (Å²) in [5, 5.41) is 11.4. The highest BCUT2D eigenvalue weighted by atomic mass is 35.5. The molecule has 9 heteroatoms. The van der Waals surface area contributed by atoms with Crippen molar-refractivity contribution >= 4 is 34.2 Å². The molecule has 1 N–H and O–H groups in total. The number of anilines is 1. The van der Waals surface area contributed by atoms with E-state index in [1.54, 1.807) is 30.2 Å². The van der Waals surface area contributed by atoms with Gasteiger partial charge in [-0.1, -0.05) is 17.7 Å². The van der Waals surface area contributed by atoms with E-state index in [1.165, 1.54) is 0 Å². The molecule has 2 aliphatic rings. The molecular formula is C27H30ClN3O5. The van der Waals surface area contributed by atoms with Gasteiger partial charge in [0.25, 0.3) is 5.91 Å². The Morgan fingerprint density at radius 2 is 2.08 bits per heavy atom. The van der Waals surface area contributed by atoms with Crippen molar-refractivity contribution in [1.29, 1.82) is 0 Å². The van der Waals surface area contributed by atoms with Crippen LogP contribution in [0.3, 0.4) is 0 Å². The fraction of sp³-hybridized carbons (Fsp3) is 0.407. The summed E-state index contributed by atoms with van der Waals surface area (Å²) in [6.07, 6.45) is 1.97. The van der Waals surface area contributed by atoms with Gasteiger partial charge in [0.2, 0.25) is 6.79 Å². The summed E-state index contributed by atoms with van der Waals surface area (Å²) in [5.74, 6) is 2.10. The number of carbonyl (C=O) groups excluding carboxylic acids is 1. The molecule has 0 saturated carbocycles. The molecule has 1 fully saturated rings. The van der Waals surface area contributed by atoms with Gasteiger partial charge in [0, 0.05) is 61.4 Å². The summed E-state index contributed by atoms with van der Waals surface area (Å²) in [6.45, 7) is 3.04. The fourth-order valence-electron chi connectivity index (χ4n) is 4.84. The maximum atomic E-state index is 13.6. The molecule has 2 aromatic carbocycles. The number of halogens is 1. The number of piperidine rings is 1. The number of rotatable bonds is 8. The van der Waals surface area contributed by atoms with Gasteiger partial charge in [-0.2, -0.15) is 0 Å². The second-order valence-electron chi connectivity index (χ2n) is 9.23. The maximum absolute atomic E-state index is 13.6. The zero-order chi connectivity index (χ0) is 25.1. The van der Waals surface area contributed by atoms with Gasteiger partial charge in [-0.3, -0.25) is 4.79 Å². The van der Waals surface area contributed by atoms with Gasteiger partial charge in [-0.25, -0.2) is 4.98 Å². The van der Waals surface area contributed by atoms with Crippen LogP contribution >= 0.6 is 11.6 Å². The number of carbonyl (C=O) groups is 1. The summed E-state index contributed by atoms with van der Waals surface area (Å²) in [6, 6.07) is 13.0. The van der Waals surface area contributed by atoms with E-state index in [0.717, 1.165) is 48.2 Å². The number of amides is 1.